The van der Waals surface area contributed by atoms with Gasteiger partial charge in [-0.15, -0.1) is 0 Å². The van der Waals surface area contributed by atoms with E-state index < -0.39 is 11.9 Å². The monoisotopic (exact) mass is 376 g/mol. The van der Waals surface area contributed by atoms with Gasteiger partial charge in [-0.1, -0.05) is 54.6 Å². The fourth-order valence-corrected chi connectivity index (χ4v) is 3.07. The fraction of sp³-hybridized carbons (Fsp3) is 0.136. The van der Waals surface area contributed by atoms with Crippen LogP contribution in [0.25, 0.3) is 6.08 Å². The summed E-state index contributed by atoms with van der Waals surface area (Å²) in [5, 5.41) is 10.9. The number of hydrogen-bond acceptors (Lipinski definition) is 5. The third-order valence-corrected chi connectivity index (χ3v) is 4.54. The zero-order valence-electron chi connectivity index (χ0n) is 15.5. The number of hydrogen-bond donors (Lipinski definition) is 0. The van der Waals surface area contributed by atoms with Crippen LogP contribution in [0.4, 0.5) is 0 Å². The lowest BCUT2D eigenvalue weighted by atomic mass is 10.0. The van der Waals surface area contributed by atoms with E-state index in [0.717, 1.165) is 5.56 Å². The van der Waals surface area contributed by atoms with Crippen LogP contribution in [-0.4, -0.2) is 29.9 Å². The molecule has 1 aliphatic heterocycles. The zero-order chi connectivity index (χ0) is 20.3. The molecule has 2 aromatic rings. The first-order valence-corrected chi connectivity index (χ1v) is 8.61. The van der Waals surface area contributed by atoms with Crippen molar-refractivity contribution in [1.29, 1.82) is 0 Å². The largest absolute Gasteiger partial charge is 0.545 e. The molecule has 0 radical (unpaired) electrons. The van der Waals surface area contributed by atoms with E-state index in [1.165, 1.54) is 24.1 Å². The molecule has 1 aliphatic rings. The summed E-state index contributed by atoms with van der Waals surface area (Å²) in [6.45, 7) is 2.03. The summed E-state index contributed by atoms with van der Waals surface area (Å²) in [5.74, 6) is -2.19. The molecular weight excluding hydrogens is 358 g/mol. The number of carboxylic acid groups (broad SMARTS) is 1. The Labute approximate surface area is 162 Å². The Balaban J connectivity index is 2.00. The van der Waals surface area contributed by atoms with E-state index in [0.29, 0.717) is 17.8 Å². The van der Waals surface area contributed by atoms with Crippen LogP contribution in [0.5, 0.6) is 0 Å². The first-order chi connectivity index (χ1) is 13.4. The van der Waals surface area contributed by atoms with Crippen LogP contribution in [0.3, 0.4) is 0 Å². The molecule has 0 aromatic heterocycles. The SMILES string of the molecule is COC(=O)C1=C(C)N(Cc2ccccc2)C(=O)/C1=C\c1ccc(C(=O)[O-])cc1. The van der Waals surface area contributed by atoms with Crippen LogP contribution in [0.2, 0.25) is 0 Å². The van der Waals surface area contributed by atoms with Crippen LogP contribution in [0.1, 0.15) is 28.4 Å². The first kappa shape index (κ1) is 19.1. The van der Waals surface area contributed by atoms with Gasteiger partial charge in [0, 0.05) is 5.70 Å². The maximum Gasteiger partial charge on any atom is 0.340 e. The molecule has 0 spiro atoms. The number of carbonyl (C=O) groups excluding carboxylic acids is 3. The fourth-order valence-electron chi connectivity index (χ4n) is 3.07. The Morgan fingerprint density at radius 2 is 1.71 bits per heavy atom. The highest BCUT2D eigenvalue weighted by atomic mass is 16.5. The third kappa shape index (κ3) is 3.71. The second kappa shape index (κ2) is 7.92. The molecule has 1 amide bonds. The van der Waals surface area contributed by atoms with Crippen molar-refractivity contribution < 1.29 is 24.2 Å². The molecule has 0 unspecified atom stereocenters. The van der Waals surface area contributed by atoms with Gasteiger partial charge in [-0.2, -0.15) is 0 Å². The van der Waals surface area contributed by atoms with Gasteiger partial charge in [-0.05, 0) is 29.7 Å². The molecule has 2 aromatic carbocycles. The van der Waals surface area contributed by atoms with Crippen LogP contribution < -0.4 is 5.11 Å². The summed E-state index contributed by atoms with van der Waals surface area (Å²) in [6, 6.07) is 15.3. The van der Waals surface area contributed by atoms with Gasteiger partial charge in [-0.25, -0.2) is 4.79 Å². The summed E-state index contributed by atoms with van der Waals surface area (Å²) in [4.78, 5) is 37.8. The Kier molecular flexibility index (Phi) is 5.40. The highest BCUT2D eigenvalue weighted by Crippen LogP contribution is 2.32. The van der Waals surface area contributed by atoms with E-state index in [1.807, 2.05) is 30.3 Å². The lowest BCUT2D eigenvalue weighted by Gasteiger charge is -2.17. The molecule has 6 nitrogen and oxygen atoms in total. The smallest absolute Gasteiger partial charge is 0.340 e. The van der Waals surface area contributed by atoms with E-state index in [9.17, 15) is 19.5 Å². The highest BCUT2D eigenvalue weighted by molar-refractivity contribution is 6.16. The molecule has 0 atom stereocenters. The van der Waals surface area contributed by atoms with Crippen LogP contribution in [0.15, 0.2) is 71.4 Å². The Bertz CT molecular complexity index is 987. The molecule has 142 valence electrons. The van der Waals surface area contributed by atoms with Gasteiger partial charge in [0.15, 0.2) is 0 Å². The highest BCUT2D eigenvalue weighted by Gasteiger charge is 2.36. The Morgan fingerprint density at radius 1 is 1.07 bits per heavy atom. The summed E-state index contributed by atoms with van der Waals surface area (Å²) in [7, 11) is 1.26. The van der Waals surface area contributed by atoms with Gasteiger partial charge in [0.25, 0.3) is 5.91 Å². The van der Waals surface area contributed by atoms with E-state index in [1.54, 1.807) is 25.1 Å². The summed E-state index contributed by atoms with van der Waals surface area (Å²) in [6.07, 6.45) is 1.56. The number of ether oxygens (including phenoxy) is 1. The molecular formula is C22H18NO5-. The number of carboxylic acids is 1. The second-order valence-electron chi connectivity index (χ2n) is 6.30. The third-order valence-electron chi connectivity index (χ3n) is 4.54. The number of allylic oxidation sites excluding steroid dienone is 1. The number of nitrogens with zero attached hydrogens (tertiary/aromatic N) is 1. The summed E-state index contributed by atoms with van der Waals surface area (Å²) in [5.41, 5.74) is 2.47. The minimum atomic E-state index is -1.28. The molecule has 6 heteroatoms. The van der Waals surface area contributed by atoms with Crippen molar-refractivity contribution in [2.75, 3.05) is 7.11 Å². The lowest BCUT2D eigenvalue weighted by Crippen LogP contribution is -2.24. The van der Waals surface area contributed by atoms with Gasteiger partial charge < -0.3 is 19.5 Å². The van der Waals surface area contributed by atoms with Gasteiger partial charge >= 0.3 is 5.97 Å². The van der Waals surface area contributed by atoms with Crippen molar-refractivity contribution in [1.82, 2.24) is 4.90 Å². The van der Waals surface area contributed by atoms with Crippen molar-refractivity contribution in [3.8, 4) is 0 Å². The van der Waals surface area contributed by atoms with Crippen molar-refractivity contribution in [3.05, 3.63) is 88.1 Å². The van der Waals surface area contributed by atoms with E-state index in [4.69, 9.17) is 4.74 Å². The molecule has 0 N–H and O–H groups in total. The predicted octanol–water partition coefficient (Wildman–Crippen LogP) is 1.92. The Hall–Kier alpha value is -3.67. The average molecular weight is 376 g/mol. The minimum absolute atomic E-state index is 0.0329. The van der Waals surface area contributed by atoms with E-state index >= 15 is 0 Å². The molecule has 1 heterocycles. The molecule has 3 rings (SSSR count). The van der Waals surface area contributed by atoms with Crippen LogP contribution >= 0.6 is 0 Å². The molecule has 0 aliphatic carbocycles. The zero-order valence-corrected chi connectivity index (χ0v) is 15.5. The van der Waals surface area contributed by atoms with Crippen LogP contribution in [-0.2, 0) is 20.9 Å². The van der Waals surface area contributed by atoms with Crippen LogP contribution in [0, 0.1) is 0 Å². The standard InChI is InChI=1S/C22H19NO5/c1-14-19(22(27)28-2)18(12-15-8-10-17(11-9-15)21(25)26)20(24)23(14)13-16-6-4-3-5-7-16/h3-12H,13H2,1-2H3,(H,25,26)/p-1/b18-12-. The predicted molar refractivity (Wildman–Crippen MR) is 100 cm³/mol. The Morgan fingerprint density at radius 3 is 2.29 bits per heavy atom. The molecule has 28 heavy (non-hydrogen) atoms. The number of methoxy groups -OCH3 is 1. The van der Waals surface area contributed by atoms with E-state index in [2.05, 4.69) is 0 Å². The molecule has 0 fully saturated rings. The summed E-state index contributed by atoms with van der Waals surface area (Å²) < 4.78 is 4.87. The quantitative estimate of drug-likeness (QED) is 0.588. The van der Waals surface area contributed by atoms with Gasteiger partial charge in [0.05, 0.1) is 30.8 Å². The van der Waals surface area contributed by atoms with E-state index in [-0.39, 0.29) is 22.6 Å². The number of benzene rings is 2. The number of rotatable bonds is 5. The topological polar surface area (TPSA) is 86.7 Å². The van der Waals surface area contributed by atoms with Crippen molar-refractivity contribution in [3.63, 3.8) is 0 Å². The maximum atomic E-state index is 13.0. The second-order valence-corrected chi connectivity index (χ2v) is 6.30. The average Bonchev–Trinajstić information content (AvgIpc) is 2.93. The minimum Gasteiger partial charge on any atom is -0.545 e. The number of aromatic carboxylic acids is 1. The molecule has 0 saturated carbocycles. The van der Waals surface area contributed by atoms with Gasteiger partial charge in [-0.3, -0.25) is 4.79 Å². The first-order valence-electron chi connectivity index (χ1n) is 8.61. The molecule has 0 bridgehead atoms. The number of carbonyl (C=O) groups is 3. The molecule has 0 saturated heterocycles. The summed E-state index contributed by atoms with van der Waals surface area (Å²) >= 11 is 0. The van der Waals surface area contributed by atoms with Crippen molar-refractivity contribution >= 4 is 23.9 Å². The normalized spacial score (nSPS) is 15.3. The maximum absolute atomic E-state index is 13.0. The van der Waals surface area contributed by atoms with Gasteiger partial charge in [0.1, 0.15) is 0 Å². The lowest BCUT2D eigenvalue weighted by molar-refractivity contribution is -0.255. The number of amides is 1. The van der Waals surface area contributed by atoms with Gasteiger partial charge in [0.2, 0.25) is 0 Å². The van der Waals surface area contributed by atoms with Crippen molar-refractivity contribution in [2.24, 2.45) is 0 Å². The number of esters is 1. The van der Waals surface area contributed by atoms with Crippen molar-refractivity contribution in [2.45, 2.75) is 13.5 Å².